The molecule has 0 radical (unpaired) electrons. The molecule has 1 N–H and O–H groups in total. The number of amides is 1. The Kier molecular flexibility index (Phi) is 4.88. The first-order valence-corrected chi connectivity index (χ1v) is 8.31. The molecular weight excluding hydrogens is 345 g/mol. The smallest absolute Gasteiger partial charge is 0.229 e. The molecule has 0 bridgehead atoms. The molecule has 1 atom stereocenters. The second kappa shape index (κ2) is 6.87. The molecule has 0 saturated carbocycles. The Labute approximate surface area is 141 Å². The fourth-order valence-corrected chi connectivity index (χ4v) is 2.98. The van der Waals surface area contributed by atoms with E-state index in [2.05, 4.69) is 5.32 Å². The molecule has 1 aromatic carbocycles. The third kappa shape index (κ3) is 3.93. The van der Waals surface area contributed by atoms with Crippen LogP contribution >= 0.6 is 34.5 Å². The second-order valence-electron chi connectivity index (χ2n) is 4.81. The number of carbonyl (C=O) groups excluding carboxylic acids is 1. The third-order valence-electron chi connectivity index (χ3n) is 3.06. The summed E-state index contributed by atoms with van der Waals surface area (Å²) in [4.78, 5) is 13.0. The molecule has 116 valence electrons. The Morgan fingerprint density at radius 2 is 2.18 bits per heavy atom. The summed E-state index contributed by atoms with van der Waals surface area (Å²) >= 11 is 13.9. The Hall–Kier alpha value is -1.27. The van der Waals surface area contributed by atoms with Gasteiger partial charge in [0, 0.05) is 4.88 Å². The summed E-state index contributed by atoms with van der Waals surface area (Å²) in [6.45, 7) is 1.16. The van der Waals surface area contributed by atoms with Crippen molar-refractivity contribution in [2.45, 2.75) is 12.5 Å². The Balaban J connectivity index is 1.65. The van der Waals surface area contributed by atoms with Gasteiger partial charge in [-0.2, -0.15) is 0 Å². The van der Waals surface area contributed by atoms with Gasteiger partial charge in [0.05, 0.1) is 23.7 Å². The molecule has 0 spiro atoms. The molecule has 1 fully saturated rings. The molecule has 2 heterocycles. The third-order valence-corrected chi connectivity index (χ3v) is 4.80. The van der Waals surface area contributed by atoms with Crippen LogP contribution in [0.3, 0.4) is 0 Å². The van der Waals surface area contributed by atoms with E-state index >= 15 is 0 Å². The number of thiophene rings is 1. The van der Waals surface area contributed by atoms with Crippen LogP contribution in [0.5, 0.6) is 5.75 Å². The number of epoxide rings is 1. The summed E-state index contributed by atoms with van der Waals surface area (Å²) in [5.74, 6) is 0.346. The fraction of sp³-hybridized carbons (Fsp3) is 0.267. The van der Waals surface area contributed by atoms with Crippen molar-refractivity contribution in [1.29, 1.82) is 0 Å². The number of halogens is 2. The minimum Gasteiger partial charge on any atom is -0.489 e. The van der Waals surface area contributed by atoms with Crippen molar-refractivity contribution in [2.24, 2.45) is 0 Å². The largest absolute Gasteiger partial charge is 0.489 e. The van der Waals surface area contributed by atoms with Crippen molar-refractivity contribution in [3.05, 3.63) is 44.6 Å². The van der Waals surface area contributed by atoms with E-state index in [1.165, 1.54) is 11.3 Å². The van der Waals surface area contributed by atoms with E-state index in [1.807, 2.05) is 17.5 Å². The lowest BCUT2D eigenvalue weighted by molar-refractivity contribution is -0.115. The molecule has 1 saturated heterocycles. The van der Waals surface area contributed by atoms with E-state index in [9.17, 15) is 4.79 Å². The maximum Gasteiger partial charge on any atom is 0.229 e. The van der Waals surface area contributed by atoms with Crippen LogP contribution in [0.1, 0.15) is 4.88 Å². The standard InChI is InChI=1S/C15H13Cl2NO3S/c16-14-11(18-13(19)6-10-2-1-5-22-10)3-4-12(15(14)17)21-8-9-7-20-9/h1-5,9H,6-8H2,(H,18,19). The van der Waals surface area contributed by atoms with Crippen LogP contribution in [0.25, 0.3) is 0 Å². The molecule has 1 aliphatic heterocycles. The lowest BCUT2D eigenvalue weighted by Gasteiger charge is -2.12. The van der Waals surface area contributed by atoms with Gasteiger partial charge in [0.2, 0.25) is 5.91 Å². The first-order chi connectivity index (χ1) is 10.6. The SMILES string of the molecule is O=C(Cc1cccs1)Nc1ccc(OCC2CO2)c(Cl)c1Cl. The monoisotopic (exact) mass is 357 g/mol. The number of rotatable bonds is 6. The number of hydrogen-bond donors (Lipinski definition) is 1. The summed E-state index contributed by atoms with van der Waals surface area (Å²) in [5.41, 5.74) is 0.475. The van der Waals surface area contributed by atoms with Gasteiger partial charge in [0.25, 0.3) is 0 Å². The number of ether oxygens (including phenoxy) is 2. The molecular formula is C15H13Cl2NO3S. The minimum atomic E-state index is -0.138. The molecule has 1 aliphatic rings. The van der Waals surface area contributed by atoms with E-state index in [-0.39, 0.29) is 22.1 Å². The van der Waals surface area contributed by atoms with Gasteiger partial charge in [-0.1, -0.05) is 29.3 Å². The molecule has 1 aromatic heterocycles. The van der Waals surface area contributed by atoms with Crippen molar-refractivity contribution in [3.8, 4) is 5.75 Å². The number of hydrogen-bond acceptors (Lipinski definition) is 4. The van der Waals surface area contributed by atoms with Gasteiger partial charge in [0.1, 0.15) is 23.5 Å². The topological polar surface area (TPSA) is 50.9 Å². The first kappa shape index (κ1) is 15.6. The van der Waals surface area contributed by atoms with E-state index in [0.29, 0.717) is 31.1 Å². The Morgan fingerprint density at radius 1 is 1.36 bits per heavy atom. The lowest BCUT2D eigenvalue weighted by atomic mass is 10.2. The van der Waals surface area contributed by atoms with Gasteiger partial charge < -0.3 is 14.8 Å². The molecule has 0 aliphatic carbocycles. The van der Waals surface area contributed by atoms with Crippen LogP contribution in [-0.2, 0) is 16.0 Å². The first-order valence-electron chi connectivity index (χ1n) is 6.68. The van der Waals surface area contributed by atoms with Gasteiger partial charge >= 0.3 is 0 Å². The zero-order valence-corrected chi connectivity index (χ0v) is 13.8. The van der Waals surface area contributed by atoms with E-state index in [4.69, 9.17) is 32.7 Å². The predicted molar refractivity (Wildman–Crippen MR) is 88.3 cm³/mol. The minimum absolute atomic E-state index is 0.138. The fourth-order valence-electron chi connectivity index (χ4n) is 1.85. The van der Waals surface area contributed by atoms with Crippen LogP contribution in [0.2, 0.25) is 10.0 Å². The number of nitrogens with one attached hydrogen (secondary N) is 1. The molecule has 7 heteroatoms. The van der Waals surface area contributed by atoms with Gasteiger partial charge in [-0.3, -0.25) is 4.79 Å². The maximum absolute atomic E-state index is 12.0. The Morgan fingerprint density at radius 3 is 2.86 bits per heavy atom. The lowest BCUT2D eigenvalue weighted by Crippen LogP contribution is -2.14. The predicted octanol–water partition coefficient (Wildman–Crippen LogP) is 4.01. The highest BCUT2D eigenvalue weighted by atomic mass is 35.5. The Bertz CT molecular complexity index is 672. The van der Waals surface area contributed by atoms with Gasteiger partial charge in [-0.05, 0) is 23.6 Å². The second-order valence-corrected chi connectivity index (χ2v) is 6.60. The average molecular weight is 358 g/mol. The maximum atomic E-state index is 12.0. The molecule has 1 amide bonds. The molecule has 1 unspecified atom stereocenters. The van der Waals surface area contributed by atoms with Crippen molar-refractivity contribution in [1.82, 2.24) is 0 Å². The number of carbonyl (C=O) groups is 1. The summed E-state index contributed by atoms with van der Waals surface area (Å²) in [6, 6.07) is 7.20. The zero-order valence-electron chi connectivity index (χ0n) is 11.5. The van der Waals surface area contributed by atoms with Crippen molar-refractivity contribution in [3.63, 3.8) is 0 Å². The van der Waals surface area contributed by atoms with Gasteiger partial charge in [0.15, 0.2) is 0 Å². The summed E-state index contributed by atoms with van der Waals surface area (Å²) in [5, 5.41) is 5.26. The molecule has 4 nitrogen and oxygen atoms in total. The highest BCUT2D eigenvalue weighted by molar-refractivity contribution is 7.10. The van der Waals surface area contributed by atoms with Crippen LogP contribution < -0.4 is 10.1 Å². The normalized spacial score (nSPS) is 16.4. The van der Waals surface area contributed by atoms with Crippen molar-refractivity contribution in [2.75, 3.05) is 18.5 Å². The van der Waals surface area contributed by atoms with Crippen LogP contribution in [0.15, 0.2) is 29.6 Å². The highest BCUT2D eigenvalue weighted by Gasteiger charge is 2.24. The van der Waals surface area contributed by atoms with Crippen LogP contribution in [-0.4, -0.2) is 25.2 Å². The van der Waals surface area contributed by atoms with E-state index < -0.39 is 0 Å². The zero-order chi connectivity index (χ0) is 15.5. The van der Waals surface area contributed by atoms with Crippen LogP contribution in [0.4, 0.5) is 5.69 Å². The van der Waals surface area contributed by atoms with Crippen LogP contribution in [0, 0.1) is 0 Å². The highest BCUT2D eigenvalue weighted by Crippen LogP contribution is 2.38. The molecule has 22 heavy (non-hydrogen) atoms. The summed E-state index contributed by atoms with van der Waals surface area (Å²) in [7, 11) is 0. The molecule has 3 rings (SSSR count). The average Bonchev–Trinajstić information content (AvgIpc) is 3.19. The van der Waals surface area contributed by atoms with E-state index in [1.54, 1.807) is 12.1 Å². The van der Waals surface area contributed by atoms with Crippen molar-refractivity contribution >= 4 is 46.1 Å². The van der Waals surface area contributed by atoms with Gasteiger partial charge in [-0.15, -0.1) is 11.3 Å². The molecule has 2 aromatic rings. The van der Waals surface area contributed by atoms with Gasteiger partial charge in [-0.25, -0.2) is 0 Å². The van der Waals surface area contributed by atoms with E-state index in [0.717, 1.165) is 4.88 Å². The van der Waals surface area contributed by atoms with Crippen molar-refractivity contribution < 1.29 is 14.3 Å². The number of benzene rings is 1. The summed E-state index contributed by atoms with van der Waals surface area (Å²) < 4.78 is 10.6. The summed E-state index contributed by atoms with van der Waals surface area (Å²) in [6.07, 6.45) is 0.447. The quantitative estimate of drug-likeness (QED) is 0.794. The number of anilines is 1.